The molecule has 158 valence electrons. The summed E-state index contributed by atoms with van der Waals surface area (Å²) < 4.78 is 1.92. The molecular formula is C26H31N2O2-. The van der Waals surface area contributed by atoms with Crippen LogP contribution in [0.1, 0.15) is 71.3 Å². The van der Waals surface area contributed by atoms with Crippen molar-refractivity contribution in [1.29, 1.82) is 0 Å². The molecule has 4 heteroatoms. The molecule has 1 aliphatic rings. The molecule has 0 radical (unpaired) electrons. The van der Waals surface area contributed by atoms with Gasteiger partial charge < -0.3 is 19.8 Å². The third kappa shape index (κ3) is 4.44. The first-order valence-electron chi connectivity index (χ1n) is 11.1. The highest BCUT2D eigenvalue weighted by Crippen LogP contribution is 2.29. The standard InChI is InChI=1S/C26H32N2O2/c1-18-9-12-20(13-10-18)17-28-24-15-19(2)11-14-22(24)23(25(28)26(29)30)16-27-21-7-5-3-4-6-8-21/h9-15,21,27H,3-8,16-17H2,1-2H3,(H,29,30)/p-1. The Labute approximate surface area is 178 Å². The molecule has 0 bridgehead atoms. The van der Waals surface area contributed by atoms with E-state index in [1.54, 1.807) is 0 Å². The van der Waals surface area contributed by atoms with Crippen molar-refractivity contribution >= 4 is 16.9 Å². The van der Waals surface area contributed by atoms with Crippen LogP contribution in [0.2, 0.25) is 0 Å². The Kier molecular flexibility index (Phi) is 6.24. The Morgan fingerprint density at radius 3 is 2.33 bits per heavy atom. The first-order valence-corrected chi connectivity index (χ1v) is 11.1. The van der Waals surface area contributed by atoms with Crippen LogP contribution in [0.5, 0.6) is 0 Å². The fourth-order valence-corrected chi connectivity index (χ4v) is 4.71. The second-order valence-electron chi connectivity index (χ2n) is 8.78. The first-order chi connectivity index (χ1) is 14.5. The van der Waals surface area contributed by atoms with E-state index in [-0.39, 0.29) is 0 Å². The molecule has 4 nitrogen and oxygen atoms in total. The monoisotopic (exact) mass is 403 g/mol. The number of aromatic nitrogens is 1. The molecule has 1 aliphatic carbocycles. The van der Waals surface area contributed by atoms with Crippen molar-refractivity contribution in [2.24, 2.45) is 0 Å². The van der Waals surface area contributed by atoms with Crippen LogP contribution in [0, 0.1) is 13.8 Å². The van der Waals surface area contributed by atoms with Gasteiger partial charge in [0.15, 0.2) is 0 Å². The minimum Gasteiger partial charge on any atom is -0.543 e. The van der Waals surface area contributed by atoms with E-state index in [2.05, 4.69) is 54.7 Å². The van der Waals surface area contributed by atoms with Gasteiger partial charge in [0.1, 0.15) is 0 Å². The summed E-state index contributed by atoms with van der Waals surface area (Å²) in [5, 5.41) is 17.0. The number of carbonyl (C=O) groups excluding carboxylic acids is 1. The van der Waals surface area contributed by atoms with Crippen LogP contribution in [0.3, 0.4) is 0 Å². The molecule has 4 rings (SSSR count). The summed E-state index contributed by atoms with van der Waals surface area (Å²) in [6.07, 6.45) is 7.44. The second-order valence-corrected chi connectivity index (χ2v) is 8.78. The predicted molar refractivity (Wildman–Crippen MR) is 120 cm³/mol. The van der Waals surface area contributed by atoms with Gasteiger partial charge in [-0.05, 0) is 43.9 Å². The molecule has 0 spiro atoms. The van der Waals surface area contributed by atoms with Crippen molar-refractivity contribution in [2.45, 2.75) is 71.5 Å². The molecule has 0 amide bonds. The van der Waals surface area contributed by atoms with Crippen LogP contribution in [-0.4, -0.2) is 16.6 Å². The molecule has 2 aromatic carbocycles. The fraction of sp³-hybridized carbons (Fsp3) is 0.423. The molecule has 3 aromatic rings. The van der Waals surface area contributed by atoms with E-state index in [9.17, 15) is 9.90 Å². The van der Waals surface area contributed by atoms with E-state index in [0.717, 1.165) is 27.6 Å². The van der Waals surface area contributed by atoms with Crippen molar-refractivity contribution in [3.63, 3.8) is 0 Å². The van der Waals surface area contributed by atoms with Gasteiger partial charge in [0.2, 0.25) is 0 Å². The summed E-state index contributed by atoms with van der Waals surface area (Å²) in [5.74, 6) is -1.10. The zero-order valence-corrected chi connectivity index (χ0v) is 18.0. The molecule has 0 aliphatic heterocycles. The van der Waals surface area contributed by atoms with Gasteiger partial charge in [0.25, 0.3) is 0 Å². The van der Waals surface area contributed by atoms with E-state index in [1.807, 2.05) is 11.5 Å². The first kappa shape index (κ1) is 20.7. The quantitative estimate of drug-likeness (QED) is 0.617. The summed E-state index contributed by atoms with van der Waals surface area (Å²) in [5.41, 5.74) is 5.52. The fourth-order valence-electron chi connectivity index (χ4n) is 4.71. The number of aryl methyl sites for hydroxylation is 2. The SMILES string of the molecule is Cc1ccc(Cn2c(C(=O)[O-])c(CNC3CCCCCC3)c3ccc(C)cc32)cc1. The van der Waals surface area contributed by atoms with Crippen molar-refractivity contribution in [3.8, 4) is 0 Å². The Balaban J connectivity index is 1.73. The van der Waals surface area contributed by atoms with Crippen molar-refractivity contribution in [1.82, 2.24) is 9.88 Å². The summed E-state index contributed by atoms with van der Waals surface area (Å²) in [7, 11) is 0. The van der Waals surface area contributed by atoms with E-state index < -0.39 is 5.97 Å². The van der Waals surface area contributed by atoms with Gasteiger partial charge in [-0.2, -0.15) is 0 Å². The van der Waals surface area contributed by atoms with Crippen LogP contribution in [0.15, 0.2) is 42.5 Å². The number of carbonyl (C=O) groups is 1. The topological polar surface area (TPSA) is 57.1 Å². The number of rotatable bonds is 6. The van der Waals surface area contributed by atoms with E-state index in [1.165, 1.54) is 44.1 Å². The molecule has 1 fully saturated rings. The summed E-state index contributed by atoms with van der Waals surface area (Å²) in [6, 6.07) is 14.9. The smallest absolute Gasteiger partial charge is 0.0884 e. The zero-order chi connectivity index (χ0) is 21.1. The molecule has 0 atom stereocenters. The minimum absolute atomic E-state index is 0.303. The summed E-state index contributed by atoms with van der Waals surface area (Å²) in [6.45, 7) is 5.19. The highest BCUT2D eigenvalue weighted by atomic mass is 16.4. The molecule has 1 N–H and O–H groups in total. The lowest BCUT2D eigenvalue weighted by Crippen LogP contribution is -2.31. The zero-order valence-electron chi connectivity index (χ0n) is 18.0. The Bertz CT molecular complexity index is 1030. The Morgan fingerprint density at radius 1 is 1.00 bits per heavy atom. The minimum atomic E-state index is -1.10. The van der Waals surface area contributed by atoms with Gasteiger partial charge in [-0.1, -0.05) is 67.6 Å². The van der Waals surface area contributed by atoms with Gasteiger partial charge >= 0.3 is 0 Å². The average molecular weight is 404 g/mol. The normalized spacial score (nSPS) is 15.4. The lowest BCUT2D eigenvalue weighted by molar-refractivity contribution is -0.255. The largest absolute Gasteiger partial charge is 0.543 e. The van der Waals surface area contributed by atoms with Crippen LogP contribution in [0.4, 0.5) is 0 Å². The number of benzene rings is 2. The van der Waals surface area contributed by atoms with Gasteiger partial charge in [-0.25, -0.2) is 0 Å². The third-order valence-corrected chi connectivity index (χ3v) is 6.40. The summed E-state index contributed by atoms with van der Waals surface area (Å²) >= 11 is 0. The van der Waals surface area contributed by atoms with Crippen LogP contribution in [0.25, 0.3) is 10.9 Å². The van der Waals surface area contributed by atoms with Gasteiger partial charge in [-0.15, -0.1) is 0 Å². The predicted octanol–water partition coefficient (Wildman–Crippen LogP) is 4.48. The molecule has 1 aromatic heterocycles. The number of carboxylic acids is 1. The number of aromatic carboxylic acids is 1. The van der Waals surface area contributed by atoms with Crippen molar-refractivity contribution in [3.05, 3.63) is 70.4 Å². The third-order valence-electron chi connectivity index (χ3n) is 6.40. The number of nitrogens with one attached hydrogen (secondary N) is 1. The number of hydrogen-bond donors (Lipinski definition) is 1. The number of hydrogen-bond acceptors (Lipinski definition) is 3. The molecule has 30 heavy (non-hydrogen) atoms. The lowest BCUT2D eigenvalue weighted by Gasteiger charge is -2.18. The molecule has 1 heterocycles. The average Bonchev–Trinajstić information content (AvgIpc) is 2.86. The highest BCUT2D eigenvalue weighted by Gasteiger charge is 2.20. The van der Waals surface area contributed by atoms with E-state index in [0.29, 0.717) is 24.8 Å². The van der Waals surface area contributed by atoms with E-state index in [4.69, 9.17) is 0 Å². The number of fused-ring (bicyclic) bond motifs is 1. The summed E-state index contributed by atoms with van der Waals surface area (Å²) in [4.78, 5) is 12.3. The molecule has 0 saturated heterocycles. The van der Waals surface area contributed by atoms with Crippen LogP contribution < -0.4 is 10.4 Å². The Morgan fingerprint density at radius 2 is 1.67 bits per heavy atom. The lowest BCUT2D eigenvalue weighted by atomic mass is 10.1. The molecule has 1 saturated carbocycles. The maximum Gasteiger partial charge on any atom is 0.0884 e. The maximum atomic E-state index is 12.3. The van der Waals surface area contributed by atoms with Gasteiger partial charge in [0.05, 0.1) is 11.7 Å². The maximum absolute atomic E-state index is 12.3. The Hall–Kier alpha value is -2.59. The van der Waals surface area contributed by atoms with Crippen molar-refractivity contribution < 1.29 is 9.90 Å². The van der Waals surface area contributed by atoms with E-state index >= 15 is 0 Å². The van der Waals surface area contributed by atoms with Crippen LogP contribution in [-0.2, 0) is 13.1 Å². The van der Waals surface area contributed by atoms with Gasteiger partial charge in [0, 0.05) is 35.6 Å². The molecule has 0 unspecified atom stereocenters. The van der Waals surface area contributed by atoms with Crippen LogP contribution >= 0.6 is 0 Å². The number of carboxylic acid groups (broad SMARTS) is 1. The highest BCUT2D eigenvalue weighted by molar-refractivity contribution is 5.97. The van der Waals surface area contributed by atoms with Gasteiger partial charge in [-0.3, -0.25) is 0 Å². The van der Waals surface area contributed by atoms with Crippen molar-refractivity contribution in [2.75, 3.05) is 0 Å². The molecular weight excluding hydrogens is 372 g/mol. The number of nitrogens with zero attached hydrogens (tertiary/aromatic N) is 1. The second kappa shape index (κ2) is 9.05.